The van der Waals surface area contributed by atoms with Crippen LogP contribution < -0.4 is 5.32 Å². The van der Waals surface area contributed by atoms with E-state index in [1.54, 1.807) is 0 Å². The van der Waals surface area contributed by atoms with Crippen molar-refractivity contribution in [1.29, 1.82) is 0 Å². The summed E-state index contributed by atoms with van der Waals surface area (Å²) >= 11 is 0. The van der Waals surface area contributed by atoms with Crippen LogP contribution in [0.1, 0.15) is 386 Å². The van der Waals surface area contributed by atoms with Crippen LogP contribution in [0.3, 0.4) is 0 Å². The van der Waals surface area contributed by atoms with Crippen molar-refractivity contribution < 1.29 is 64.6 Å². The van der Waals surface area contributed by atoms with Gasteiger partial charge in [-0.25, -0.2) is 0 Å². The molecule has 12 atom stereocenters. The van der Waals surface area contributed by atoms with Crippen molar-refractivity contribution in [2.75, 3.05) is 19.8 Å². The number of ether oxygens (including phenoxy) is 4. The Morgan fingerprint density at radius 2 is 0.702 bits per heavy atom. The summed E-state index contributed by atoms with van der Waals surface area (Å²) in [5, 5.41) is 87.9. The highest BCUT2D eigenvalue weighted by Gasteiger charge is 2.51. The van der Waals surface area contributed by atoms with Gasteiger partial charge in [0.2, 0.25) is 5.91 Å². The van der Waals surface area contributed by atoms with E-state index in [-0.39, 0.29) is 12.5 Å². The molecule has 0 spiro atoms. The number of hydrogen-bond donors (Lipinski definition) is 9. The SMILES string of the molecule is CCCCCCC/C=C\C/C=C\CCCCCCCCCCCCCCCCCCCCCCCCCC(=O)NC(COC1OC(CO)C(OC2OC(CO)C(O)C(O)C2O)C(O)C1O)C(O)CCCCCCCCCCCCCCCCCCCCCCCCCCC. The number of unbranched alkanes of at least 4 members (excludes halogenated alkanes) is 52. The maximum Gasteiger partial charge on any atom is 0.220 e. The van der Waals surface area contributed by atoms with Gasteiger partial charge in [-0.05, 0) is 44.9 Å². The van der Waals surface area contributed by atoms with Gasteiger partial charge in [0.1, 0.15) is 48.8 Å². The van der Waals surface area contributed by atoms with E-state index in [2.05, 4.69) is 43.5 Å². The van der Waals surface area contributed by atoms with E-state index in [9.17, 15) is 45.6 Å². The van der Waals surface area contributed by atoms with Crippen LogP contribution in [-0.2, 0) is 23.7 Å². The highest BCUT2D eigenvalue weighted by Crippen LogP contribution is 2.30. The lowest BCUT2D eigenvalue weighted by molar-refractivity contribution is -0.359. The van der Waals surface area contributed by atoms with E-state index in [4.69, 9.17) is 18.9 Å². The zero-order valence-electron chi connectivity index (χ0n) is 61.0. The van der Waals surface area contributed by atoms with Crippen molar-refractivity contribution in [2.24, 2.45) is 0 Å². The number of carbonyl (C=O) groups is 1. The summed E-state index contributed by atoms with van der Waals surface area (Å²) < 4.78 is 23.0. The summed E-state index contributed by atoms with van der Waals surface area (Å²) in [5.41, 5.74) is 0. The molecule has 2 aliphatic rings. The second kappa shape index (κ2) is 64.8. The van der Waals surface area contributed by atoms with Gasteiger partial charge in [-0.3, -0.25) is 4.79 Å². The summed E-state index contributed by atoms with van der Waals surface area (Å²) in [4.78, 5) is 13.4. The number of aliphatic hydroxyl groups is 8. The fourth-order valence-corrected chi connectivity index (χ4v) is 13.7. The fourth-order valence-electron chi connectivity index (χ4n) is 13.7. The number of rotatable bonds is 69. The average molecular weight is 1340 g/mol. The molecule has 2 fully saturated rings. The topological polar surface area (TPSA) is 228 Å². The molecule has 0 bridgehead atoms. The third-order valence-corrected chi connectivity index (χ3v) is 20.2. The van der Waals surface area contributed by atoms with Crippen LogP contribution in [0.4, 0.5) is 0 Å². The minimum absolute atomic E-state index is 0.197. The largest absolute Gasteiger partial charge is 0.394 e. The summed E-state index contributed by atoms with van der Waals surface area (Å²) in [6.07, 6.45) is 66.5. The predicted molar refractivity (Wildman–Crippen MR) is 388 cm³/mol. The molecule has 14 nitrogen and oxygen atoms in total. The second-order valence-corrected chi connectivity index (χ2v) is 28.9. The minimum atomic E-state index is -1.78. The molecule has 0 aromatic carbocycles. The molecule has 0 aliphatic carbocycles. The average Bonchev–Trinajstić information content (AvgIpc) is 0.794. The van der Waals surface area contributed by atoms with Gasteiger partial charge in [0, 0.05) is 6.42 Å². The summed E-state index contributed by atoms with van der Waals surface area (Å²) in [6, 6.07) is -0.828. The second-order valence-electron chi connectivity index (χ2n) is 28.9. The first kappa shape index (κ1) is 88.6. The molecule has 12 unspecified atom stereocenters. The number of nitrogens with one attached hydrogen (secondary N) is 1. The Kier molecular flexibility index (Phi) is 61.1. The molecule has 2 rings (SSSR count). The van der Waals surface area contributed by atoms with E-state index in [1.807, 2.05) is 0 Å². The molecule has 0 saturated carbocycles. The number of hydrogen-bond acceptors (Lipinski definition) is 13. The van der Waals surface area contributed by atoms with Crippen LogP contribution >= 0.6 is 0 Å². The Bertz CT molecular complexity index is 1670. The first-order valence-electron chi connectivity index (χ1n) is 40.6. The first-order chi connectivity index (χ1) is 46.1. The molecule has 1 amide bonds. The van der Waals surface area contributed by atoms with Gasteiger partial charge < -0.3 is 65.1 Å². The molecule has 94 heavy (non-hydrogen) atoms. The van der Waals surface area contributed by atoms with Crippen molar-refractivity contribution in [3.8, 4) is 0 Å². The summed E-state index contributed by atoms with van der Waals surface area (Å²) in [7, 11) is 0. The molecule has 2 aliphatic heterocycles. The normalized spacial score (nSPS) is 22.5. The molecule has 9 N–H and O–H groups in total. The van der Waals surface area contributed by atoms with Crippen molar-refractivity contribution in [2.45, 2.75) is 460 Å². The molecule has 0 radical (unpaired) electrons. The van der Waals surface area contributed by atoms with Gasteiger partial charge in [0.25, 0.3) is 0 Å². The lowest BCUT2D eigenvalue weighted by Gasteiger charge is -2.46. The molecule has 2 saturated heterocycles. The van der Waals surface area contributed by atoms with Crippen LogP contribution in [0.2, 0.25) is 0 Å². The lowest BCUT2D eigenvalue weighted by Crippen LogP contribution is -2.65. The third-order valence-electron chi connectivity index (χ3n) is 20.2. The quantitative estimate of drug-likeness (QED) is 0.0204. The molecule has 14 heteroatoms. The molecule has 0 aromatic rings. The van der Waals surface area contributed by atoms with Gasteiger partial charge >= 0.3 is 0 Å². The number of allylic oxidation sites excluding steroid dienone is 4. The van der Waals surface area contributed by atoms with Gasteiger partial charge in [-0.15, -0.1) is 0 Å². The maximum atomic E-state index is 13.4. The predicted octanol–water partition coefficient (Wildman–Crippen LogP) is 18.3. The Hall–Kier alpha value is -1.53. The lowest BCUT2D eigenvalue weighted by atomic mass is 9.97. The van der Waals surface area contributed by atoms with Crippen LogP contribution in [0.5, 0.6) is 0 Å². The minimum Gasteiger partial charge on any atom is -0.394 e. The Morgan fingerprint density at radius 1 is 0.383 bits per heavy atom. The molecular formula is C80H153NO13. The van der Waals surface area contributed by atoms with Gasteiger partial charge in [0.15, 0.2) is 12.6 Å². The summed E-state index contributed by atoms with van der Waals surface area (Å²) in [6.45, 7) is 2.92. The highest BCUT2D eigenvalue weighted by molar-refractivity contribution is 5.76. The first-order valence-corrected chi connectivity index (χ1v) is 40.6. The van der Waals surface area contributed by atoms with Crippen molar-refractivity contribution in [3.05, 3.63) is 24.3 Å². The van der Waals surface area contributed by atoms with Crippen LogP contribution in [0, 0.1) is 0 Å². The van der Waals surface area contributed by atoms with E-state index < -0.39 is 86.8 Å². The fraction of sp³-hybridized carbons (Fsp3) is 0.938. The highest BCUT2D eigenvalue weighted by atomic mass is 16.7. The van der Waals surface area contributed by atoms with Crippen molar-refractivity contribution in [1.82, 2.24) is 5.32 Å². The Balaban J connectivity index is 1.59. The summed E-state index contributed by atoms with van der Waals surface area (Å²) in [5.74, 6) is -0.197. The maximum absolute atomic E-state index is 13.4. The van der Waals surface area contributed by atoms with Gasteiger partial charge in [0.05, 0.1) is 32.0 Å². The zero-order valence-corrected chi connectivity index (χ0v) is 61.0. The number of amides is 1. The third kappa shape index (κ3) is 47.5. The van der Waals surface area contributed by atoms with E-state index in [0.717, 1.165) is 57.8 Å². The zero-order chi connectivity index (χ0) is 68.0. The molecule has 2 heterocycles. The van der Waals surface area contributed by atoms with Crippen molar-refractivity contribution >= 4 is 5.91 Å². The standard InChI is InChI=1S/C80H153NO13/c1-3-5-7-9-11-13-15-17-19-21-23-25-27-29-30-31-32-33-34-35-36-37-38-40-42-44-46-48-50-52-54-56-58-60-62-64-72(85)81-68(67-91-79-77(90)75(88)78(71(66-83)93-79)94-80-76(89)74(87)73(86)70(65-82)92-80)69(84)63-61-59-57-55-53-51-49-47-45-43-41-39-28-26-24-22-20-18-16-14-12-10-8-6-4-2/h15,17,21,23,68-71,73-80,82-84,86-90H,3-14,16,18-20,22,24-67H2,1-2H3,(H,81,85)/b17-15-,23-21-. The monoisotopic (exact) mass is 1340 g/mol. The molecular weight excluding hydrogens is 1180 g/mol. The molecule has 556 valence electrons. The Labute approximate surface area is 577 Å². The van der Waals surface area contributed by atoms with E-state index in [0.29, 0.717) is 12.8 Å². The Morgan fingerprint density at radius 3 is 1.06 bits per heavy atom. The molecule has 0 aromatic heterocycles. The van der Waals surface area contributed by atoms with E-state index >= 15 is 0 Å². The smallest absolute Gasteiger partial charge is 0.220 e. The van der Waals surface area contributed by atoms with Crippen molar-refractivity contribution in [3.63, 3.8) is 0 Å². The van der Waals surface area contributed by atoms with Crippen LogP contribution in [-0.4, -0.2) is 140 Å². The van der Waals surface area contributed by atoms with Crippen LogP contribution in [0.15, 0.2) is 24.3 Å². The van der Waals surface area contributed by atoms with Crippen LogP contribution in [0.25, 0.3) is 0 Å². The van der Waals surface area contributed by atoms with Gasteiger partial charge in [-0.1, -0.05) is 359 Å². The van der Waals surface area contributed by atoms with E-state index in [1.165, 1.54) is 302 Å². The van der Waals surface area contributed by atoms with Gasteiger partial charge in [-0.2, -0.15) is 0 Å². The number of aliphatic hydroxyl groups excluding tert-OH is 8. The number of carbonyl (C=O) groups excluding carboxylic acids is 1.